The van der Waals surface area contributed by atoms with E-state index in [1.807, 2.05) is 0 Å². The van der Waals surface area contributed by atoms with Gasteiger partial charge in [0.05, 0.1) is 0 Å². The van der Waals surface area contributed by atoms with Crippen molar-refractivity contribution in [2.45, 2.75) is 31.7 Å². The molecule has 1 heteroatoms. The summed E-state index contributed by atoms with van der Waals surface area (Å²) in [5, 5.41) is 0. The second kappa shape index (κ2) is 4.06. The highest BCUT2D eigenvalue weighted by atomic mass is 15.2. The second-order valence-electron chi connectivity index (χ2n) is 5.14. The minimum absolute atomic E-state index is 0.299. The molecule has 1 aromatic carbocycles. The van der Waals surface area contributed by atoms with E-state index < -0.39 is 0 Å². The van der Waals surface area contributed by atoms with E-state index in [0.717, 1.165) is 5.57 Å². The van der Waals surface area contributed by atoms with Crippen molar-refractivity contribution in [3.05, 3.63) is 42.0 Å². The Morgan fingerprint density at radius 3 is 2.06 bits per heavy atom. The third-order valence-corrected chi connectivity index (χ3v) is 3.95. The fourth-order valence-corrected chi connectivity index (χ4v) is 2.57. The summed E-state index contributed by atoms with van der Waals surface area (Å²) in [6.45, 7) is 6.03. The highest BCUT2D eigenvalue weighted by molar-refractivity contribution is 5.61. The summed E-state index contributed by atoms with van der Waals surface area (Å²) < 4.78 is 0. The average Bonchev–Trinajstić information content (AvgIpc) is 2.16. The molecule has 1 aliphatic carbocycles. The molecule has 1 saturated carbocycles. The number of nitrogens with zero attached hydrogens (tertiary/aromatic N) is 1. The molecule has 0 spiro atoms. The van der Waals surface area contributed by atoms with Crippen LogP contribution in [-0.2, 0) is 5.54 Å². The zero-order valence-electron chi connectivity index (χ0n) is 10.6. The van der Waals surface area contributed by atoms with Crippen LogP contribution in [0, 0.1) is 0 Å². The molecule has 2 rings (SSSR count). The van der Waals surface area contributed by atoms with E-state index in [-0.39, 0.29) is 0 Å². The molecule has 1 aliphatic rings. The number of benzene rings is 1. The molecule has 1 fully saturated rings. The molecular weight excluding hydrogens is 194 g/mol. The molecular formula is C15H21N. The van der Waals surface area contributed by atoms with Gasteiger partial charge in [0.25, 0.3) is 0 Å². The van der Waals surface area contributed by atoms with Crippen LogP contribution in [0.1, 0.15) is 37.3 Å². The van der Waals surface area contributed by atoms with Gasteiger partial charge < -0.3 is 0 Å². The van der Waals surface area contributed by atoms with Gasteiger partial charge in [-0.2, -0.15) is 0 Å². The third-order valence-electron chi connectivity index (χ3n) is 3.95. The maximum atomic E-state index is 3.98. The molecule has 0 unspecified atom stereocenters. The maximum Gasteiger partial charge on any atom is 0.0454 e. The van der Waals surface area contributed by atoms with Crippen molar-refractivity contribution >= 4 is 5.57 Å². The first kappa shape index (κ1) is 11.4. The van der Waals surface area contributed by atoms with Gasteiger partial charge >= 0.3 is 0 Å². The minimum atomic E-state index is 0.299. The fourth-order valence-electron chi connectivity index (χ4n) is 2.57. The maximum absolute atomic E-state index is 3.98. The lowest BCUT2D eigenvalue weighted by atomic mass is 9.71. The monoisotopic (exact) mass is 215 g/mol. The Morgan fingerprint density at radius 2 is 1.75 bits per heavy atom. The van der Waals surface area contributed by atoms with Gasteiger partial charge in [0.1, 0.15) is 0 Å². The van der Waals surface area contributed by atoms with E-state index in [4.69, 9.17) is 0 Å². The number of allylic oxidation sites excluding steroid dienone is 1. The first-order valence-electron chi connectivity index (χ1n) is 6.00. The van der Waals surface area contributed by atoms with E-state index in [1.54, 1.807) is 0 Å². The summed E-state index contributed by atoms with van der Waals surface area (Å²) in [5.41, 5.74) is 4.14. The van der Waals surface area contributed by atoms with Gasteiger partial charge in [-0.25, -0.2) is 0 Å². The van der Waals surface area contributed by atoms with E-state index in [2.05, 4.69) is 56.8 Å². The third kappa shape index (κ3) is 1.69. The molecule has 0 amide bonds. The van der Waals surface area contributed by atoms with E-state index in [1.165, 1.54) is 30.4 Å². The average molecular weight is 215 g/mol. The van der Waals surface area contributed by atoms with Gasteiger partial charge in [-0.15, -0.1) is 0 Å². The van der Waals surface area contributed by atoms with E-state index >= 15 is 0 Å². The molecule has 0 saturated heterocycles. The molecule has 0 N–H and O–H groups in total. The number of rotatable bonds is 3. The molecule has 0 heterocycles. The molecule has 1 nitrogen and oxygen atoms in total. The van der Waals surface area contributed by atoms with Crippen LogP contribution in [0.2, 0.25) is 0 Å². The topological polar surface area (TPSA) is 3.24 Å². The van der Waals surface area contributed by atoms with Crippen molar-refractivity contribution in [3.8, 4) is 0 Å². The van der Waals surface area contributed by atoms with Crippen LogP contribution in [0.25, 0.3) is 5.57 Å². The summed E-state index contributed by atoms with van der Waals surface area (Å²) in [6.07, 6.45) is 3.92. The van der Waals surface area contributed by atoms with E-state index in [0.29, 0.717) is 5.54 Å². The van der Waals surface area contributed by atoms with Gasteiger partial charge in [-0.1, -0.05) is 36.4 Å². The van der Waals surface area contributed by atoms with Crippen LogP contribution >= 0.6 is 0 Å². The van der Waals surface area contributed by atoms with Crippen molar-refractivity contribution in [1.82, 2.24) is 4.90 Å². The first-order chi connectivity index (χ1) is 7.56. The fraction of sp³-hybridized carbons (Fsp3) is 0.467. The highest BCUT2D eigenvalue weighted by Gasteiger charge is 2.40. The lowest BCUT2D eigenvalue weighted by Gasteiger charge is -2.48. The minimum Gasteiger partial charge on any atom is -0.300 e. The molecule has 86 valence electrons. The smallest absolute Gasteiger partial charge is 0.0454 e. The predicted molar refractivity (Wildman–Crippen MR) is 70.4 cm³/mol. The van der Waals surface area contributed by atoms with Crippen LogP contribution in [-0.4, -0.2) is 19.0 Å². The van der Waals surface area contributed by atoms with E-state index in [9.17, 15) is 0 Å². The Bertz CT molecular complexity index is 382. The largest absolute Gasteiger partial charge is 0.300 e. The first-order valence-corrected chi connectivity index (χ1v) is 6.00. The zero-order chi connectivity index (χ0) is 11.8. The summed E-state index contributed by atoms with van der Waals surface area (Å²) >= 11 is 0. The Morgan fingerprint density at radius 1 is 1.19 bits per heavy atom. The van der Waals surface area contributed by atoms with Crippen LogP contribution in [0.3, 0.4) is 0 Å². The molecule has 0 aromatic heterocycles. The van der Waals surface area contributed by atoms with Gasteiger partial charge in [0, 0.05) is 5.54 Å². The van der Waals surface area contributed by atoms with Gasteiger partial charge in [0.2, 0.25) is 0 Å². The normalized spacial score (nSPS) is 18.2. The lowest BCUT2D eigenvalue weighted by molar-refractivity contribution is 0.0577. The van der Waals surface area contributed by atoms with Crippen LogP contribution < -0.4 is 0 Å². The van der Waals surface area contributed by atoms with Crippen molar-refractivity contribution in [1.29, 1.82) is 0 Å². The summed E-state index contributed by atoms with van der Waals surface area (Å²) in [6, 6.07) is 8.93. The Kier molecular flexibility index (Phi) is 2.90. The van der Waals surface area contributed by atoms with Crippen molar-refractivity contribution in [3.63, 3.8) is 0 Å². The zero-order valence-corrected chi connectivity index (χ0v) is 10.6. The standard InChI is InChI=1S/C15H21N/c1-12(2)13-6-8-14(9-7-13)15(16(3)4)10-5-11-15/h6-9H,1,5,10-11H2,2-4H3. The quantitative estimate of drug-likeness (QED) is 0.743. The van der Waals surface area contributed by atoms with Gasteiger partial charge in [-0.3, -0.25) is 4.90 Å². The Balaban J connectivity index is 2.30. The van der Waals surface area contributed by atoms with Crippen molar-refractivity contribution < 1.29 is 0 Å². The highest BCUT2D eigenvalue weighted by Crippen LogP contribution is 2.45. The SMILES string of the molecule is C=C(C)c1ccc(C2(N(C)C)CCC2)cc1. The second-order valence-corrected chi connectivity index (χ2v) is 5.14. The van der Waals surface area contributed by atoms with Gasteiger partial charge in [-0.05, 0) is 51.4 Å². The molecule has 16 heavy (non-hydrogen) atoms. The Labute approximate surface area is 98.8 Å². The predicted octanol–water partition coefficient (Wildman–Crippen LogP) is 3.66. The Hall–Kier alpha value is -1.08. The van der Waals surface area contributed by atoms with Gasteiger partial charge in [0.15, 0.2) is 0 Å². The number of hydrogen-bond donors (Lipinski definition) is 0. The molecule has 1 aromatic rings. The lowest BCUT2D eigenvalue weighted by Crippen LogP contribution is -2.47. The summed E-state index contributed by atoms with van der Waals surface area (Å²) in [5.74, 6) is 0. The van der Waals surface area contributed by atoms with Crippen LogP contribution in [0.15, 0.2) is 30.8 Å². The van der Waals surface area contributed by atoms with Crippen LogP contribution in [0.4, 0.5) is 0 Å². The summed E-state index contributed by atoms with van der Waals surface area (Å²) in [4.78, 5) is 2.37. The molecule has 0 bridgehead atoms. The van der Waals surface area contributed by atoms with Crippen molar-refractivity contribution in [2.75, 3.05) is 14.1 Å². The van der Waals surface area contributed by atoms with Crippen molar-refractivity contribution in [2.24, 2.45) is 0 Å². The summed E-state index contributed by atoms with van der Waals surface area (Å²) in [7, 11) is 4.37. The molecule has 0 aliphatic heterocycles. The number of hydrogen-bond acceptors (Lipinski definition) is 1. The van der Waals surface area contributed by atoms with Crippen LogP contribution in [0.5, 0.6) is 0 Å². The molecule has 0 radical (unpaired) electrons. The molecule has 0 atom stereocenters.